The third-order valence-corrected chi connectivity index (χ3v) is 19.6. The van der Waals surface area contributed by atoms with Crippen LogP contribution in [0.25, 0.3) is 0 Å². The van der Waals surface area contributed by atoms with Crippen LogP contribution in [0.5, 0.6) is 0 Å². The van der Waals surface area contributed by atoms with Gasteiger partial charge in [-0.3, -0.25) is 53.8 Å². The number of fused-ring (bicyclic) bond motifs is 2. The molecule has 706 valence electrons. The van der Waals surface area contributed by atoms with Crippen LogP contribution in [-0.4, -0.2) is 266 Å². The van der Waals surface area contributed by atoms with Crippen molar-refractivity contribution in [2.75, 3.05) is 114 Å². The number of nitro groups is 2. The van der Waals surface area contributed by atoms with Gasteiger partial charge >= 0.3 is 132 Å². The molecule has 7 aliphatic rings. The van der Waals surface area contributed by atoms with Gasteiger partial charge in [0.1, 0.15) is 60.5 Å². The van der Waals surface area contributed by atoms with Gasteiger partial charge in [-0.1, -0.05) is 53.1 Å². The molecule has 0 aromatic carbocycles. The Labute approximate surface area is 905 Å². The molecule has 41 nitrogen and oxygen atoms in total. The van der Waals surface area contributed by atoms with Crippen LogP contribution >= 0.6 is 141 Å². The number of hydrogen-bond donors (Lipinski definition) is 5. The van der Waals surface area contributed by atoms with Gasteiger partial charge in [-0.15, -0.1) is 24.0 Å². The van der Waals surface area contributed by atoms with Crippen molar-refractivity contribution in [2.45, 2.75) is 211 Å². The van der Waals surface area contributed by atoms with Crippen molar-refractivity contribution >= 4 is 232 Å². The van der Waals surface area contributed by atoms with E-state index in [-0.39, 0.29) is 255 Å². The molecular weight excluding hydrogens is 2270 g/mol. The minimum atomic E-state index is -1.67. The number of carboxylic acid groups (broad SMARTS) is 1. The molecule has 126 heavy (non-hydrogen) atoms. The van der Waals surface area contributed by atoms with Crippen LogP contribution in [0.1, 0.15) is 151 Å². The molecule has 0 spiro atoms. The summed E-state index contributed by atoms with van der Waals surface area (Å²) < 4.78 is 44.7. The van der Waals surface area contributed by atoms with Gasteiger partial charge in [-0.05, 0) is 136 Å². The van der Waals surface area contributed by atoms with Gasteiger partial charge in [0.05, 0.1) is 55.6 Å². The van der Waals surface area contributed by atoms with E-state index in [0.29, 0.717) is 95.7 Å². The maximum absolute atomic E-state index is 12.6. The van der Waals surface area contributed by atoms with Crippen molar-refractivity contribution in [1.29, 1.82) is 0 Å². The number of hydrogen-bond acceptors (Lipinski definition) is 37. The topological polar surface area (TPSA) is 557 Å². The normalized spacial score (nSPS) is 17.3. The number of carbonyl (C=O) groups excluding carboxylic acids is 7. The van der Waals surface area contributed by atoms with Crippen molar-refractivity contribution in [3.63, 3.8) is 0 Å². The van der Waals surface area contributed by atoms with Crippen molar-refractivity contribution in [1.82, 2.24) is 45.2 Å². The molecule has 7 N–H and O–H groups in total. The predicted octanol–water partition coefficient (Wildman–Crippen LogP) is 3.71. The molecule has 5 fully saturated rings. The van der Waals surface area contributed by atoms with Crippen molar-refractivity contribution in [3.05, 3.63) is 76.9 Å². The zero-order chi connectivity index (χ0) is 92.1. The van der Waals surface area contributed by atoms with Crippen molar-refractivity contribution < 1.29 is 227 Å². The SMILES string of the molecule is CC[C@@H](N)C(=O)O.CC[C@@H](N)C(=O)OC.CC[C@@H](NC1CCOCC1)C(=O)CO.CC[C@@H]1C(=O)Cc2cnc(Cl)nc2N1C1CCOCC1.CC[C@@H]1C(=O)N(C)c2cnc(Cl)nc2N1C1CCOCC1.CC[C@H](C(=O)OC)N(c1nc(Cl)ncc1[N+](=O)[O-])C1CCOCC1.I.II.O=C1CCOCC1.O=CO[O-].O=S(Cl)Cl.O=[N+]([O-])c1cnc(Cl)nc1Cl.[Fe].[H-].[K+].[K+]. The molecule has 4 aromatic rings. The van der Waals surface area contributed by atoms with Gasteiger partial charge in [0.15, 0.2) is 17.4 Å². The summed E-state index contributed by atoms with van der Waals surface area (Å²) >= 11 is 32.7. The molecule has 55 heteroatoms. The molecular formula is C71H107Cl7FeI3K2N17O24S. The number of rotatable bonds is 21. The minimum absolute atomic E-state index is 0. The first-order chi connectivity index (χ1) is 58.1. The second-order valence-electron chi connectivity index (χ2n) is 26.2. The zero-order valence-electron chi connectivity index (χ0n) is 72.3. The molecule has 7 aliphatic heterocycles. The molecule has 0 aliphatic carbocycles. The number of Topliss-reactive ketones (excluding diaryl/α,β-unsaturated/α-hetero) is 3. The first-order valence-corrected chi connectivity index (χ1v) is 49.1. The molecule has 5 saturated heterocycles. The number of nitrogens with zero attached hydrogens (tertiary/aromatic N) is 14. The molecule has 11 heterocycles. The first kappa shape index (κ1) is 131. The quantitative estimate of drug-likeness (QED) is 0.00758. The number of anilines is 4. The average Bonchev–Trinajstić information content (AvgIpc) is 0.755. The fourth-order valence-electron chi connectivity index (χ4n) is 12.4. The van der Waals surface area contributed by atoms with E-state index in [2.05, 4.69) is 123 Å². The van der Waals surface area contributed by atoms with Crippen LogP contribution < -0.4 is 144 Å². The Morgan fingerprint density at radius 1 is 0.659 bits per heavy atom. The van der Waals surface area contributed by atoms with Crippen molar-refractivity contribution in [3.8, 4) is 0 Å². The molecule has 4 aromatic heterocycles. The number of amides is 1. The molecule has 0 bridgehead atoms. The number of nitrogens with two attached hydrogens (primary N) is 2. The number of esters is 2. The van der Waals surface area contributed by atoms with Crippen molar-refractivity contribution in [2.24, 2.45) is 11.5 Å². The van der Waals surface area contributed by atoms with E-state index < -0.39 is 49.1 Å². The third-order valence-electron chi connectivity index (χ3n) is 18.6. The first-order valence-electron chi connectivity index (χ1n) is 38.1. The second kappa shape index (κ2) is 75.8. The van der Waals surface area contributed by atoms with Crippen LogP contribution in [0.3, 0.4) is 0 Å². The molecule has 0 saturated carbocycles. The monoisotopic (exact) mass is 2370 g/mol. The number of aromatic nitrogens is 8. The van der Waals surface area contributed by atoms with Gasteiger partial charge in [0.2, 0.25) is 47.2 Å². The van der Waals surface area contributed by atoms with Gasteiger partial charge in [0, 0.05) is 191 Å². The summed E-state index contributed by atoms with van der Waals surface area (Å²) in [6.45, 7) is 17.6. The Hall–Kier alpha value is -1.36. The number of aliphatic hydroxyl groups excluding tert-OH is 1. The summed E-state index contributed by atoms with van der Waals surface area (Å²) in [6.07, 6.45) is 17.5. The Morgan fingerprint density at radius 3 is 1.45 bits per heavy atom. The molecule has 11 rings (SSSR count). The van der Waals surface area contributed by atoms with Crippen LogP contribution in [0.4, 0.5) is 34.5 Å². The van der Waals surface area contributed by atoms with Crippen LogP contribution in [-0.2, 0) is 109 Å². The number of likely N-dealkylation sites (N-methyl/N-ethyl adjacent to an activating group) is 1. The molecule has 0 unspecified atom stereocenters. The second-order valence-corrected chi connectivity index (χ2v) is 30.4. The maximum Gasteiger partial charge on any atom is 1.00 e. The summed E-state index contributed by atoms with van der Waals surface area (Å²) in [7, 11) is 11.7. The average molecular weight is 2380 g/mol. The van der Waals surface area contributed by atoms with Gasteiger partial charge in [0.25, 0.3) is 6.47 Å². The summed E-state index contributed by atoms with van der Waals surface area (Å²) in [5.41, 5.74) is 11.2. The summed E-state index contributed by atoms with van der Waals surface area (Å²) in [5.74, 6) is 0.441. The van der Waals surface area contributed by atoms with Crippen LogP contribution in [0.15, 0.2) is 24.8 Å². The van der Waals surface area contributed by atoms with Crippen LogP contribution in [0.2, 0.25) is 26.3 Å². The van der Waals surface area contributed by atoms with E-state index in [1.54, 1.807) is 36.2 Å². The number of aliphatic hydroxyl groups is 1. The van der Waals surface area contributed by atoms with E-state index in [4.69, 9.17) is 122 Å². The molecule has 6 atom stereocenters. The largest absolute Gasteiger partial charge is 1.00 e. The van der Waals surface area contributed by atoms with Gasteiger partial charge in [-0.2, -0.15) is 15.0 Å². The summed E-state index contributed by atoms with van der Waals surface area (Å²) in [4.78, 5) is 149. The Morgan fingerprint density at radius 2 is 1.07 bits per heavy atom. The Kier molecular flexibility index (Phi) is 78.8. The van der Waals surface area contributed by atoms with Gasteiger partial charge < -0.3 is 91.3 Å². The van der Waals surface area contributed by atoms with E-state index in [9.17, 15) is 53.8 Å². The number of ketones is 3. The fraction of sp³-hybridized carbons (Fsp3) is 0.662. The standard InChI is InChI=1S/C14H19ClN4O5.C14H19ClN4O2.C14H18ClN3O2.C10H19NO3.C5H11NO2.C5H8O2.C4HCl2N3O2.C4H9NO2.CH2O3.Cl2OS.Fe.I2.HI.2K.H/c1-3-10(13(20)23-2)18(9-4-6-24-7-5-9)12-11(19(21)22)8-16-14(15)17-12;1-3-10-13(20)18(2)11-8-16-14(15)17-12(11)19(10)9-4-6-21-7-5-9;1-2-11-12(19)7-9-8-16-14(15)17-13(9)18(11)10-3-5-20-6-4-10;1-2-9(10(13)7-12)11-8-3-5-14-6-4-8;1-3-4(6)5(7)8-2;6-5-1-3-7-4-2-5;5-3-2(9(10)11)1-7-4(6)8-3;1-2-3(5)4(6)7;2-1-4-3;1-4(2)3;;1-2;;;;/h8-10H,3-7H2,1-2H3;8-10H,3-7H2,1-2H3;8,10-11H,2-7H2,1H3;8-9,11-12H,2-7H2,1H3;4H,3,6H2,1-2H3;1-4H2;1H;3H,2,5H2,1H3,(H,6,7);1,3H;;;;1H;;;/q;;;;;;;;;;;;;2*+1;-1/p-1/t2*10-;11-;9-;4-;;;3-;;;;;;;;/m11111..1......../s1. The number of nitrogens with one attached hydrogen (secondary N) is 1. The number of aliphatic carboxylic acids is 1. The summed E-state index contributed by atoms with van der Waals surface area (Å²) in [5, 5.41) is 50.0. The van der Waals surface area contributed by atoms with E-state index in [0.717, 1.165) is 133 Å². The summed E-state index contributed by atoms with van der Waals surface area (Å²) in [6, 6.07) is -1.55. The number of ether oxygens (including phenoxy) is 7. The smallest absolute Gasteiger partial charge is 1.00 e. The maximum atomic E-state index is 12.6. The van der Waals surface area contributed by atoms with Gasteiger partial charge in [-0.25, -0.2) is 33.9 Å². The molecule has 1 amide bonds. The fourth-order valence-corrected chi connectivity index (χ4v) is 13.1. The zero-order valence-corrected chi connectivity index (χ0v) is 91.4. The number of halogens is 10. The number of carboxylic acids is 1. The van der Waals surface area contributed by atoms with E-state index in [1.807, 2.05) is 34.6 Å². The Balaban J connectivity index is -0.000000451. The minimum Gasteiger partial charge on any atom is -1.00 e. The van der Waals surface area contributed by atoms with E-state index >= 15 is 0 Å². The Bertz CT molecular complexity index is 3910. The number of methoxy groups -OCH3 is 2. The van der Waals surface area contributed by atoms with E-state index in [1.165, 1.54) is 14.2 Å². The third kappa shape index (κ3) is 48.4. The van der Waals surface area contributed by atoms with Crippen LogP contribution in [0, 0.1) is 20.2 Å². The predicted molar refractivity (Wildman–Crippen MR) is 488 cm³/mol. The molecule has 0 radical (unpaired) electrons. The number of carbonyl (C=O) groups is 8.